The van der Waals surface area contributed by atoms with E-state index in [0.29, 0.717) is 18.5 Å². The minimum Gasteiger partial charge on any atom is -0.491 e. The lowest BCUT2D eigenvalue weighted by Crippen LogP contribution is -2.48. The number of rotatable bonds is 5. The van der Waals surface area contributed by atoms with Crippen LogP contribution < -0.4 is 10.1 Å². The number of nitrogens with one attached hydrogen (secondary N) is 1. The van der Waals surface area contributed by atoms with E-state index < -0.39 is 17.3 Å². The van der Waals surface area contributed by atoms with E-state index in [1.165, 1.54) is 0 Å². The number of hydrogen-bond donors (Lipinski definition) is 2. The lowest BCUT2D eigenvalue weighted by Gasteiger charge is -2.35. The van der Waals surface area contributed by atoms with E-state index in [1.807, 2.05) is 13.8 Å². The highest BCUT2D eigenvalue weighted by Crippen LogP contribution is 2.42. The molecular weight excluding hydrogens is 258 g/mol. The number of amides is 1. The highest BCUT2D eigenvalue weighted by atomic mass is 16.5. The maximum absolute atomic E-state index is 12.1. The largest absolute Gasteiger partial charge is 0.491 e. The number of ether oxygens (including phenoxy) is 1. The highest BCUT2D eigenvalue weighted by molar-refractivity contribution is 6.09. The Morgan fingerprint density at radius 2 is 1.85 bits per heavy atom. The van der Waals surface area contributed by atoms with Gasteiger partial charge in [-0.15, -0.1) is 0 Å². The monoisotopic (exact) mass is 277 g/mol. The SMILES string of the molecule is CC(C)Oc1ccc(NC(=O)C2(C(=O)O)CCC2)cc1. The standard InChI is InChI=1S/C15H19NO4/c1-10(2)20-12-6-4-11(5-7-12)16-13(17)15(14(18)19)8-3-9-15/h4-7,10H,3,8-9H2,1-2H3,(H,16,17)(H,18,19). The molecule has 5 heteroatoms. The van der Waals surface area contributed by atoms with Crippen LogP contribution in [0, 0.1) is 5.41 Å². The number of carboxylic acids is 1. The topological polar surface area (TPSA) is 75.6 Å². The minimum atomic E-state index is -1.24. The van der Waals surface area contributed by atoms with Crippen molar-refractivity contribution >= 4 is 17.6 Å². The Hall–Kier alpha value is -2.04. The van der Waals surface area contributed by atoms with Gasteiger partial charge in [0.2, 0.25) is 5.91 Å². The second-order valence-corrected chi connectivity index (χ2v) is 5.39. The first kappa shape index (κ1) is 14.4. The summed E-state index contributed by atoms with van der Waals surface area (Å²) in [6.45, 7) is 3.87. The van der Waals surface area contributed by atoms with Crippen LogP contribution in [-0.2, 0) is 9.59 Å². The predicted octanol–water partition coefficient (Wildman–Crippen LogP) is 2.67. The van der Waals surface area contributed by atoms with Gasteiger partial charge in [-0.25, -0.2) is 0 Å². The van der Waals surface area contributed by atoms with Gasteiger partial charge < -0.3 is 15.2 Å². The van der Waals surface area contributed by atoms with E-state index >= 15 is 0 Å². The second-order valence-electron chi connectivity index (χ2n) is 5.39. The molecule has 0 atom stereocenters. The average Bonchev–Trinajstić information content (AvgIpc) is 2.28. The van der Waals surface area contributed by atoms with Crippen LogP contribution in [0.2, 0.25) is 0 Å². The van der Waals surface area contributed by atoms with Crippen LogP contribution in [0.15, 0.2) is 24.3 Å². The fourth-order valence-electron chi connectivity index (χ4n) is 2.21. The smallest absolute Gasteiger partial charge is 0.319 e. The van der Waals surface area contributed by atoms with Crippen molar-refractivity contribution in [1.82, 2.24) is 0 Å². The van der Waals surface area contributed by atoms with Crippen LogP contribution in [0.4, 0.5) is 5.69 Å². The Morgan fingerprint density at radius 1 is 1.25 bits per heavy atom. The van der Waals surface area contributed by atoms with E-state index in [1.54, 1.807) is 24.3 Å². The molecular formula is C15H19NO4. The Balaban J connectivity index is 2.03. The zero-order chi connectivity index (χ0) is 14.8. The number of hydrogen-bond acceptors (Lipinski definition) is 3. The molecule has 2 N–H and O–H groups in total. The molecule has 1 fully saturated rings. The number of aliphatic carboxylic acids is 1. The molecule has 1 amide bonds. The van der Waals surface area contributed by atoms with Crippen LogP contribution in [0.3, 0.4) is 0 Å². The molecule has 0 heterocycles. The number of carbonyl (C=O) groups is 2. The normalized spacial score (nSPS) is 16.4. The Labute approximate surface area is 117 Å². The van der Waals surface area contributed by atoms with E-state index in [0.717, 1.165) is 12.2 Å². The summed E-state index contributed by atoms with van der Waals surface area (Å²) in [5, 5.41) is 11.9. The van der Waals surface area contributed by atoms with Crippen LogP contribution in [0.25, 0.3) is 0 Å². The van der Waals surface area contributed by atoms with Crippen LogP contribution in [0.1, 0.15) is 33.1 Å². The molecule has 1 aliphatic carbocycles. The van der Waals surface area contributed by atoms with Crippen molar-refractivity contribution in [2.45, 2.75) is 39.2 Å². The zero-order valence-corrected chi connectivity index (χ0v) is 11.7. The molecule has 0 aliphatic heterocycles. The van der Waals surface area contributed by atoms with Crippen molar-refractivity contribution in [2.24, 2.45) is 5.41 Å². The van der Waals surface area contributed by atoms with Gasteiger partial charge in [0.05, 0.1) is 6.10 Å². The highest BCUT2D eigenvalue weighted by Gasteiger charge is 2.51. The van der Waals surface area contributed by atoms with Crippen LogP contribution in [-0.4, -0.2) is 23.1 Å². The van der Waals surface area contributed by atoms with Crippen LogP contribution in [0.5, 0.6) is 5.75 Å². The lowest BCUT2D eigenvalue weighted by atomic mass is 9.68. The molecule has 1 aromatic carbocycles. The summed E-state index contributed by atoms with van der Waals surface area (Å²) in [6.07, 6.45) is 1.67. The molecule has 0 aromatic heterocycles. The molecule has 0 spiro atoms. The molecule has 2 rings (SSSR count). The summed E-state index contributed by atoms with van der Waals surface area (Å²) < 4.78 is 5.51. The van der Waals surface area contributed by atoms with E-state index in [9.17, 15) is 14.7 Å². The summed E-state index contributed by atoms with van der Waals surface area (Å²) in [4.78, 5) is 23.3. The maximum Gasteiger partial charge on any atom is 0.319 e. The first-order valence-corrected chi connectivity index (χ1v) is 6.75. The summed E-state index contributed by atoms with van der Waals surface area (Å²) in [6, 6.07) is 6.93. The first-order valence-electron chi connectivity index (χ1n) is 6.75. The van der Waals surface area contributed by atoms with Gasteiger partial charge in [-0.2, -0.15) is 0 Å². The van der Waals surface area contributed by atoms with Gasteiger partial charge in [-0.1, -0.05) is 6.42 Å². The maximum atomic E-state index is 12.1. The molecule has 0 unspecified atom stereocenters. The summed E-state index contributed by atoms with van der Waals surface area (Å²) in [5.41, 5.74) is -0.661. The molecule has 5 nitrogen and oxygen atoms in total. The first-order chi connectivity index (χ1) is 9.44. The van der Waals surface area contributed by atoms with E-state index in [2.05, 4.69) is 5.32 Å². The molecule has 108 valence electrons. The fourth-order valence-corrected chi connectivity index (χ4v) is 2.21. The van der Waals surface area contributed by atoms with Gasteiger partial charge in [-0.05, 0) is 51.0 Å². The number of benzene rings is 1. The van der Waals surface area contributed by atoms with Crippen molar-refractivity contribution in [3.05, 3.63) is 24.3 Å². The fraction of sp³-hybridized carbons (Fsp3) is 0.467. The van der Waals surface area contributed by atoms with Gasteiger partial charge in [0, 0.05) is 5.69 Å². The number of carbonyl (C=O) groups excluding carboxylic acids is 1. The molecule has 1 aliphatic rings. The Bertz CT molecular complexity index is 503. The third-order valence-corrected chi connectivity index (χ3v) is 3.54. The predicted molar refractivity (Wildman–Crippen MR) is 74.8 cm³/mol. The minimum absolute atomic E-state index is 0.0840. The van der Waals surface area contributed by atoms with Gasteiger partial charge in [0.1, 0.15) is 11.2 Å². The third-order valence-electron chi connectivity index (χ3n) is 3.54. The van der Waals surface area contributed by atoms with E-state index in [4.69, 9.17) is 4.74 Å². The van der Waals surface area contributed by atoms with Gasteiger partial charge >= 0.3 is 5.97 Å². The van der Waals surface area contributed by atoms with E-state index in [-0.39, 0.29) is 6.10 Å². The molecule has 20 heavy (non-hydrogen) atoms. The molecule has 0 bridgehead atoms. The molecule has 0 radical (unpaired) electrons. The second kappa shape index (κ2) is 5.53. The molecule has 1 aromatic rings. The van der Waals surface area contributed by atoms with Gasteiger partial charge in [-0.3, -0.25) is 9.59 Å². The van der Waals surface area contributed by atoms with Gasteiger partial charge in [0.25, 0.3) is 0 Å². The third kappa shape index (κ3) is 2.76. The Morgan fingerprint density at radius 3 is 2.25 bits per heavy atom. The average molecular weight is 277 g/mol. The lowest BCUT2D eigenvalue weighted by molar-refractivity contribution is -0.159. The van der Waals surface area contributed by atoms with Crippen molar-refractivity contribution in [2.75, 3.05) is 5.32 Å². The number of anilines is 1. The summed E-state index contributed by atoms with van der Waals surface area (Å²) in [5.74, 6) is -0.760. The molecule has 0 saturated heterocycles. The summed E-state index contributed by atoms with van der Waals surface area (Å²) in [7, 11) is 0. The van der Waals surface area contributed by atoms with Crippen LogP contribution >= 0.6 is 0 Å². The van der Waals surface area contributed by atoms with Crippen molar-refractivity contribution < 1.29 is 19.4 Å². The number of carboxylic acid groups (broad SMARTS) is 1. The van der Waals surface area contributed by atoms with Crippen molar-refractivity contribution in [1.29, 1.82) is 0 Å². The van der Waals surface area contributed by atoms with Crippen molar-refractivity contribution in [3.63, 3.8) is 0 Å². The van der Waals surface area contributed by atoms with Gasteiger partial charge in [0.15, 0.2) is 0 Å². The van der Waals surface area contributed by atoms with Crippen molar-refractivity contribution in [3.8, 4) is 5.75 Å². The zero-order valence-electron chi connectivity index (χ0n) is 11.7. The summed E-state index contributed by atoms with van der Waals surface area (Å²) >= 11 is 0. The Kier molecular flexibility index (Phi) is 3.97. The quantitative estimate of drug-likeness (QED) is 0.811. The molecule has 1 saturated carbocycles.